The van der Waals surface area contributed by atoms with Gasteiger partial charge in [-0.3, -0.25) is 4.79 Å². The minimum atomic E-state index is -0.0984. The zero-order valence-corrected chi connectivity index (χ0v) is 23.0. The lowest BCUT2D eigenvalue weighted by Gasteiger charge is -2.11. The van der Waals surface area contributed by atoms with Gasteiger partial charge in [-0.25, -0.2) is 0 Å². The maximum absolute atomic E-state index is 11.5. The molecule has 1 atom stereocenters. The van der Waals surface area contributed by atoms with Crippen molar-refractivity contribution in [1.82, 2.24) is 5.32 Å². The van der Waals surface area contributed by atoms with Crippen molar-refractivity contribution in [2.45, 2.75) is 89.0 Å². The van der Waals surface area contributed by atoms with Crippen LogP contribution in [0, 0.1) is 5.92 Å². The Bertz CT molecular complexity index is 471. The van der Waals surface area contributed by atoms with Gasteiger partial charge in [0.05, 0.1) is 12.5 Å². The first-order valence-electron chi connectivity index (χ1n) is 11.9. The van der Waals surface area contributed by atoms with Crippen molar-refractivity contribution in [1.29, 1.82) is 0 Å². The van der Waals surface area contributed by atoms with E-state index >= 15 is 0 Å². The van der Waals surface area contributed by atoms with Gasteiger partial charge in [0.1, 0.15) is 0 Å². The molecule has 0 fully saturated rings. The molecule has 0 heterocycles. The largest absolute Gasteiger partial charge is 0.384 e. The molecule has 1 N–H and O–H groups in total. The Balaban J connectivity index is -0.000000120. The van der Waals surface area contributed by atoms with Crippen molar-refractivity contribution in [3.8, 4) is 0 Å². The van der Waals surface area contributed by atoms with Crippen LogP contribution in [0.15, 0.2) is 60.3 Å². The monoisotopic (exact) mass is 437 g/mol. The predicted molar refractivity (Wildman–Crippen MR) is 145 cm³/mol. The van der Waals surface area contributed by atoms with Crippen LogP contribution in [0.4, 0.5) is 0 Å². The molecule has 0 aliphatic heterocycles. The molecule has 0 rings (SSSR count). The summed E-state index contributed by atoms with van der Waals surface area (Å²) >= 11 is 0. The molecule has 1 unspecified atom stereocenters. The Labute approximate surface area is 196 Å². The number of amides is 1. The number of rotatable bonds is 9. The second kappa shape index (κ2) is 38.7. The van der Waals surface area contributed by atoms with Crippen molar-refractivity contribution in [2.75, 3.05) is 20.3 Å². The minimum Gasteiger partial charge on any atom is -0.384 e. The molecule has 3 nitrogen and oxygen atoms in total. The van der Waals surface area contributed by atoms with Gasteiger partial charge in [-0.2, -0.15) is 0 Å². The van der Waals surface area contributed by atoms with Gasteiger partial charge in [-0.15, -0.1) is 0 Å². The van der Waals surface area contributed by atoms with Crippen LogP contribution in [0.2, 0.25) is 0 Å². The van der Waals surface area contributed by atoms with Crippen LogP contribution < -0.4 is 5.32 Å². The zero-order chi connectivity index (χ0) is 25.5. The summed E-state index contributed by atoms with van der Waals surface area (Å²) in [7, 11) is 1.60. The standard InChI is InChI=1S/C12H21NO2.C9H14.C3H8.2C2H6/c1-5-7-11(6-2)8-13-12(14)10(3)9-15-4;1-4-7-9(6-3)8-5-2;1-3-2;2*1-2/h5-7,10H,8-9H2,1-4H3,(H,13,14);4-5,7-8H,1,6H2,2-3H3;3H2,1-2H3;2*1-2H3/b7-5-,11-6+;8-5-,9-7-;;;. The van der Waals surface area contributed by atoms with Crippen molar-refractivity contribution in [3.05, 3.63) is 60.3 Å². The van der Waals surface area contributed by atoms with Gasteiger partial charge in [-0.05, 0) is 38.3 Å². The first kappa shape index (κ1) is 39.6. The fraction of sp³-hybridized carbons (Fsp3) is 0.607. The maximum Gasteiger partial charge on any atom is 0.225 e. The predicted octanol–water partition coefficient (Wildman–Crippen LogP) is 8.46. The molecule has 0 radical (unpaired) electrons. The zero-order valence-electron chi connectivity index (χ0n) is 23.0. The van der Waals surface area contributed by atoms with Gasteiger partial charge in [0.2, 0.25) is 5.91 Å². The summed E-state index contributed by atoms with van der Waals surface area (Å²) in [4.78, 5) is 11.5. The molecule has 31 heavy (non-hydrogen) atoms. The molecule has 3 heteroatoms. The van der Waals surface area contributed by atoms with E-state index in [-0.39, 0.29) is 11.8 Å². The van der Waals surface area contributed by atoms with E-state index in [9.17, 15) is 4.79 Å². The van der Waals surface area contributed by atoms with E-state index in [1.165, 1.54) is 12.0 Å². The van der Waals surface area contributed by atoms with E-state index in [0.717, 1.165) is 12.0 Å². The number of methoxy groups -OCH3 is 1. The Morgan fingerprint density at radius 2 is 1.42 bits per heavy atom. The van der Waals surface area contributed by atoms with E-state index in [1.54, 1.807) is 7.11 Å². The first-order chi connectivity index (χ1) is 14.9. The molecule has 0 aromatic carbocycles. The van der Waals surface area contributed by atoms with Crippen molar-refractivity contribution < 1.29 is 9.53 Å². The lowest BCUT2D eigenvalue weighted by atomic mass is 10.1. The number of ether oxygens (including phenoxy) is 1. The molecule has 0 spiro atoms. The quantitative estimate of drug-likeness (QED) is 0.367. The highest BCUT2D eigenvalue weighted by molar-refractivity contribution is 5.78. The van der Waals surface area contributed by atoms with E-state index in [0.29, 0.717) is 13.2 Å². The van der Waals surface area contributed by atoms with Crippen molar-refractivity contribution >= 4 is 5.91 Å². The van der Waals surface area contributed by atoms with Gasteiger partial charge in [0.25, 0.3) is 0 Å². The van der Waals surface area contributed by atoms with Crippen LogP contribution >= 0.6 is 0 Å². The van der Waals surface area contributed by atoms with Gasteiger partial charge >= 0.3 is 0 Å². The Morgan fingerprint density at radius 1 is 0.968 bits per heavy atom. The van der Waals surface area contributed by atoms with Gasteiger partial charge < -0.3 is 10.1 Å². The fourth-order valence-corrected chi connectivity index (χ4v) is 1.82. The van der Waals surface area contributed by atoms with Gasteiger partial charge in [0.15, 0.2) is 0 Å². The van der Waals surface area contributed by atoms with Gasteiger partial charge in [-0.1, -0.05) is 111 Å². The summed E-state index contributed by atoms with van der Waals surface area (Å²) in [6, 6.07) is 0. The number of carbonyl (C=O) groups is 1. The Hall–Kier alpha value is -1.87. The summed E-state index contributed by atoms with van der Waals surface area (Å²) in [6.07, 6.45) is 16.2. The lowest BCUT2D eigenvalue weighted by Crippen LogP contribution is -2.32. The highest BCUT2D eigenvalue weighted by Crippen LogP contribution is 2.01. The second-order valence-corrected chi connectivity index (χ2v) is 5.98. The van der Waals surface area contributed by atoms with Crippen LogP contribution in [-0.4, -0.2) is 26.2 Å². The molecule has 0 aromatic rings. The highest BCUT2D eigenvalue weighted by atomic mass is 16.5. The third-order valence-electron chi connectivity index (χ3n) is 3.20. The Morgan fingerprint density at radius 3 is 1.74 bits per heavy atom. The SMILES string of the molecule is C/C=C\C(=C/C)CNC(=O)C(C)COC.C=C/C=C(\C=C/C)CC.CC.CC.CCC. The molecule has 0 saturated heterocycles. The smallest absolute Gasteiger partial charge is 0.225 e. The maximum atomic E-state index is 11.5. The Kier molecular flexibility index (Phi) is 49.4. The van der Waals surface area contributed by atoms with E-state index in [1.807, 2.05) is 91.8 Å². The molecular formula is C28H55NO2. The molecule has 184 valence electrons. The lowest BCUT2D eigenvalue weighted by molar-refractivity contribution is -0.125. The summed E-state index contributed by atoms with van der Waals surface area (Å²) in [5, 5.41) is 2.86. The molecule has 0 aliphatic carbocycles. The summed E-state index contributed by atoms with van der Waals surface area (Å²) in [5.41, 5.74) is 2.43. The molecule has 0 aliphatic rings. The van der Waals surface area contributed by atoms with Crippen LogP contribution in [0.1, 0.15) is 89.0 Å². The number of carbonyl (C=O) groups excluding carboxylic acids is 1. The van der Waals surface area contributed by atoms with Crippen LogP contribution in [0.5, 0.6) is 0 Å². The van der Waals surface area contributed by atoms with Crippen LogP contribution in [0.3, 0.4) is 0 Å². The van der Waals surface area contributed by atoms with Gasteiger partial charge in [0, 0.05) is 13.7 Å². The molecule has 1 amide bonds. The van der Waals surface area contributed by atoms with E-state index in [2.05, 4.69) is 38.7 Å². The number of hydrogen-bond donors (Lipinski definition) is 1. The van der Waals surface area contributed by atoms with Crippen molar-refractivity contribution in [2.24, 2.45) is 5.92 Å². The first-order valence-corrected chi connectivity index (χ1v) is 11.9. The minimum absolute atomic E-state index is 0.0284. The molecule has 0 aromatic heterocycles. The fourth-order valence-electron chi connectivity index (χ4n) is 1.82. The number of nitrogens with one attached hydrogen (secondary N) is 1. The van der Waals surface area contributed by atoms with Crippen LogP contribution in [-0.2, 0) is 9.53 Å². The third kappa shape index (κ3) is 35.9. The number of allylic oxidation sites excluding steroid dienone is 7. The number of hydrogen-bond acceptors (Lipinski definition) is 2. The second-order valence-electron chi connectivity index (χ2n) is 5.98. The molecule has 0 bridgehead atoms. The van der Waals surface area contributed by atoms with E-state index in [4.69, 9.17) is 4.74 Å². The molecule has 0 saturated carbocycles. The summed E-state index contributed by atoms with van der Waals surface area (Å²) < 4.78 is 4.92. The van der Waals surface area contributed by atoms with Crippen LogP contribution in [0.25, 0.3) is 0 Å². The molecular weight excluding hydrogens is 382 g/mol. The third-order valence-corrected chi connectivity index (χ3v) is 3.20. The van der Waals surface area contributed by atoms with Crippen molar-refractivity contribution in [3.63, 3.8) is 0 Å². The summed E-state index contributed by atoms with van der Waals surface area (Å²) in [5.74, 6) is -0.0700. The summed E-state index contributed by atoms with van der Waals surface area (Å²) in [6.45, 7) is 26.8. The average molecular weight is 438 g/mol. The average Bonchev–Trinajstić information content (AvgIpc) is 2.80. The van der Waals surface area contributed by atoms with E-state index < -0.39 is 0 Å². The highest BCUT2D eigenvalue weighted by Gasteiger charge is 2.11. The topological polar surface area (TPSA) is 38.3 Å². The normalized spacial score (nSPS) is 11.5.